The fourth-order valence-corrected chi connectivity index (χ4v) is 2.61. The number of hydrogen-bond acceptors (Lipinski definition) is 1. The third-order valence-electron chi connectivity index (χ3n) is 4.04. The van der Waals surface area contributed by atoms with Crippen LogP contribution >= 0.6 is 0 Å². The lowest BCUT2D eigenvalue weighted by Crippen LogP contribution is -2.20. The van der Waals surface area contributed by atoms with Crippen molar-refractivity contribution in [2.75, 3.05) is 20.1 Å². The van der Waals surface area contributed by atoms with Gasteiger partial charge in [0.15, 0.2) is 0 Å². The molecule has 0 aliphatic rings. The Bertz CT molecular complexity index is 156. The van der Waals surface area contributed by atoms with E-state index in [1.54, 1.807) is 0 Å². The van der Waals surface area contributed by atoms with Gasteiger partial charge in [0, 0.05) is 0 Å². The van der Waals surface area contributed by atoms with Gasteiger partial charge in [-0.3, -0.25) is 0 Å². The third-order valence-corrected chi connectivity index (χ3v) is 4.04. The van der Waals surface area contributed by atoms with E-state index in [0.29, 0.717) is 0 Å². The van der Waals surface area contributed by atoms with E-state index in [2.05, 4.69) is 25.8 Å². The molecule has 0 atom stereocenters. The molecule has 0 saturated heterocycles. The van der Waals surface area contributed by atoms with Crippen LogP contribution in [0.3, 0.4) is 0 Å². The van der Waals surface area contributed by atoms with Crippen molar-refractivity contribution in [2.24, 2.45) is 0 Å². The van der Waals surface area contributed by atoms with Crippen molar-refractivity contribution in [3.05, 3.63) is 0 Å². The Kier molecular flexibility index (Phi) is 16.0. The molecule has 0 N–H and O–H groups in total. The first-order valence-corrected chi connectivity index (χ1v) is 8.99. The Balaban J connectivity index is 3.10. The van der Waals surface area contributed by atoms with Crippen LogP contribution in [0.2, 0.25) is 0 Å². The molecule has 0 spiro atoms. The van der Waals surface area contributed by atoms with Gasteiger partial charge in [0.2, 0.25) is 0 Å². The van der Waals surface area contributed by atoms with E-state index in [0.717, 1.165) is 0 Å². The molecule has 0 aliphatic heterocycles. The fourth-order valence-electron chi connectivity index (χ4n) is 2.61. The maximum absolute atomic E-state index is 2.53. The lowest BCUT2D eigenvalue weighted by Gasteiger charge is -2.16. The van der Waals surface area contributed by atoms with E-state index in [1.165, 1.54) is 96.6 Å². The Labute approximate surface area is 123 Å². The fraction of sp³-hybridized carbons (Fsp3) is 1.00. The monoisotopic (exact) mass is 269 g/mol. The van der Waals surface area contributed by atoms with Crippen LogP contribution in [-0.2, 0) is 0 Å². The number of rotatable bonds is 15. The van der Waals surface area contributed by atoms with Gasteiger partial charge in [0.25, 0.3) is 0 Å². The van der Waals surface area contributed by atoms with Crippen molar-refractivity contribution >= 4 is 0 Å². The molecule has 0 bridgehead atoms. The first-order chi connectivity index (χ1) is 9.31. The molecule has 0 aromatic carbocycles. The van der Waals surface area contributed by atoms with Gasteiger partial charge in [-0.1, -0.05) is 84.5 Å². The average Bonchev–Trinajstić information content (AvgIpc) is 2.41. The summed E-state index contributed by atoms with van der Waals surface area (Å²) in [6.07, 6.45) is 18.5. The van der Waals surface area contributed by atoms with Crippen LogP contribution in [0.5, 0.6) is 0 Å². The number of nitrogens with zero attached hydrogens (tertiary/aromatic N) is 1. The quantitative estimate of drug-likeness (QED) is 0.328. The van der Waals surface area contributed by atoms with E-state index < -0.39 is 0 Å². The summed E-state index contributed by atoms with van der Waals surface area (Å²) in [5.41, 5.74) is 0. The lowest BCUT2D eigenvalue weighted by atomic mass is 10.1. The highest BCUT2D eigenvalue weighted by atomic mass is 15.1. The summed E-state index contributed by atoms with van der Waals surface area (Å²) < 4.78 is 0. The van der Waals surface area contributed by atoms with Gasteiger partial charge in [0.1, 0.15) is 0 Å². The summed E-state index contributed by atoms with van der Waals surface area (Å²) in [4.78, 5) is 2.53. The van der Waals surface area contributed by atoms with Gasteiger partial charge in [-0.2, -0.15) is 0 Å². The standard InChI is InChI=1S/C18H39N/c1-4-6-8-10-12-14-16-18-19(3)17-15-13-11-9-7-5-2/h4-18H2,1-3H3. The van der Waals surface area contributed by atoms with E-state index in [-0.39, 0.29) is 0 Å². The third kappa shape index (κ3) is 15.9. The maximum atomic E-state index is 2.53. The molecule has 19 heavy (non-hydrogen) atoms. The van der Waals surface area contributed by atoms with Crippen LogP contribution in [0, 0.1) is 0 Å². The second kappa shape index (κ2) is 16.0. The Morgan fingerprint density at radius 1 is 0.474 bits per heavy atom. The first-order valence-electron chi connectivity index (χ1n) is 8.99. The highest BCUT2D eigenvalue weighted by Gasteiger charge is 1.98. The predicted molar refractivity (Wildman–Crippen MR) is 88.9 cm³/mol. The molecular weight excluding hydrogens is 230 g/mol. The zero-order chi connectivity index (χ0) is 14.2. The van der Waals surface area contributed by atoms with Gasteiger partial charge in [-0.15, -0.1) is 0 Å². The molecule has 0 rings (SSSR count). The van der Waals surface area contributed by atoms with Crippen molar-refractivity contribution in [2.45, 2.75) is 97.3 Å². The van der Waals surface area contributed by atoms with E-state index >= 15 is 0 Å². The highest BCUT2D eigenvalue weighted by molar-refractivity contribution is 4.54. The van der Waals surface area contributed by atoms with Gasteiger partial charge in [-0.25, -0.2) is 0 Å². The van der Waals surface area contributed by atoms with Crippen LogP contribution in [-0.4, -0.2) is 25.0 Å². The molecule has 0 aromatic heterocycles. The zero-order valence-corrected chi connectivity index (χ0v) is 14.1. The molecular formula is C18H39N. The van der Waals surface area contributed by atoms with Gasteiger partial charge in [-0.05, 0) is 33.0 Å². The molecule has 0 saturated carbocycles. The Morgan fingerprint density at radius 2 is 0.789 bits per heavy atom. The normalized spacial score (nSPS) is 11.4. The van der Waals surface area contributed by atoms with Crippen molar-refractivity contribution in [1.82, 2.24) is 4.90 Å². The highest BCUT2D eigenvalue weighted by Crippen LogP contribution is 2.08. The van der Waals surface area contributed by atoms with Crippen molar-refractivity contribution < 1.29 is 0 Å². The summed E-state index contributed by atoms with van der Waals surface area (Å²) in [6, 6.07) is 0. The molecule has 0 unspecified atom stereocenters. The van der Waals surface area contributed by atoms with Crippen LogP contribution in [0.15, 0.2) is 0 Å². The van der Waals surface area contributed by atoms with E-state index in [4.69, 9.17) is 0 Å². The second-order valence-electron chi connectivity index (χ2n) is 6.19. The van der Waals surface area contributed by atoms with Crippen LogP contribution in [0.25, 0.3) is 0 Å². The Hall–Kier alpha value is -0.0400. The largest absolute Gasteiger partial charge is 0.306 e. The Morgan fingerprint density at radius 3 is 1.16 bits per heavy atom. The average molecular weight is 270 g/mol. The molecule has 116 valence electrons. The van der Waals surface area contributed by atoms with E-state index in [1.807, 2.05) is 0 Å². The lowest BCUT2D eigenvalue weighted by molar-refractivity contribution is 0.314. The smallest absolute Gasteiger partial charge is 0.00218 e. The van der Waals surface area contributed by atoms with Crippen molar-refractivity contribution in [3.63, 3.8) is 0 Å². The summed E-state index contributed by atoms with van der Waals surface area (Å²) >= 11 is 0. The molecule has 0 amide bonds. The second-order valence-corrected chi connectivity index (χ2v) is 6.19. The minimum atomic E-state index is 1.31. The minimum Gasteiger partial charge on any atom is -0.306 e. The molecule has 1 nitrogen and oxygen atoms in total. The number of hydrogen-bond donors (Lipinski definition) is 0. The van der Waals surface area contributed by atoms with E-state index in [9.17, 15) is 0 Å². The molecule has 0 aliphatic carbocycles. The summed E-state index contributed by atoms with van der Waals surface area (Å²) in [5, 5.41) is 0. The van der Waals surface area contributed by atoms with Crippen LogP contribution in [0.1, 0.15) is 97.3 Å². The molecule has 0 fully saturated rings. The van der Waals surface area contributed by atoms with Crippen LogP contribution in [0.4, 0.5) is 0 Å². The van der Waals surface area contributed by atoms with Crippen molar-refractivity contribution in [1.29, 1.82) is 0 Å². The summed E-state index contributed by atoms with van der Waals surface area (Å²) in [7, 11) is 2.29. The molecule has 0 radical (unpaired) electrons. The SMILES string of the molecule is CCCCCCCCCN(C)CCCCCCCC. The van der Waals surface area contributed by atoms with Crippen LogP contribution < -0.4 is 0 Å². The molecule has 0 heterocycles. The number of unbranched alkanes of at least 4 members (excludes halogenated alkanes) is 11. The molecule has 0 aromatic rings. The topological polar surface area (TPSA) is 3.24 Å². The predicted octanol–water partition coefficient (Wildman–Crippen LogP) is 6.03. The molecule has 1 heteroatoms. The summed E-state index contributed by atoms with van der Waals surface area (Å²) in [6.45, 7) is 7.19. The maximum Gasteiger partial charge on any atom is -0.00218 e. The van der Waals surface area contributed by atoms with Crippen molar-refractivity contribution in [3.8, 4) is 0 Å². The minimum absolute atomic E-state index is 1.31. The first kappa shape index (κ1) is 19.0. The van der Waals surface area contributed by atoms with Gasteiger partial charge in [0.05, 0.1) is 0 Å². The van der Waals surface area contributed by atoms with Gasteiger partial charge >= 0.3 is 0 Å². The van der Waals surface area contributed by atoms with Gasteiger partial charge < -0.3 is 4.90 Å². The zero-order valence-electron chi connectivity index (χ0n) is 14.1. The summed E-state index contributed by atoms with van der Waals surface area (Å²) in [5.74, 6) is 0.